The Balaban J connectivity index is 1.63. The van der Waals surface area contributed by atoms with Crippen molar-refractivity contribution in [2.45, 2.75) is 18.8 Å². The van der Waals surface area contributed by atoms with Crippen molar-refractivity contribution < 1.29 is 18.0 Å². The molecule has 0 bridgehead atoms. The molecule has 0 atom stereocenters. The van der Waals surface area contributed by atoms with Gasteiger partial charge < -0.3 is 5.32 Å². The van der Waals surface area contributed by atoms with Gasteiger partial charge in [-0.1, -0.05) is 24.3 Å². The zero-order valence-corrected chi connectivity index (χ0v) is 15.2. The van der Waals surface area contributed by atoms with Crippen molar-refractivity contribution in [1.82, 2.24) is 5.32 Å². The second kappa shape index (κ2) is 9.22. The minimum Gasteiger partial charge on any atom is -0.352 e. The highest BCUT2D eigenvalue weighted by Crippen LogP contribution is 2.29. The molecule has 3 aromatic rings. The van der Waals surface area contributed by atoms with Crippen LogP contribution in [-0.4, -0.2) is 12.5 Å². The molecule has 0 radical (unpaired) electrons. The van der Waals surface area contributed by atoms with Crippen LogP contribution in [0.2, 0.25) is 0 Å². The maximum Gasteiger partial charge on any atom is 0.251 e. The van der Waals surface area contributed by atoms with Gasteiger partial charge in [0.25, 0.3) is 5.91 Å². The Kier molecular flexibility index (Phi) is 6.48. The molecule has 1 amide bonds. The molecule has 3 aromatic carbocycles. The van der Waals surface area contributed by atoms with Gasteiger partial charge in [0.1, 0.15) is 17.5 Å². The lowest BCUT2D eigenvalue weighted by Crippen LogP contribution is -2.24. The van der Waals surface area contributed by atoms with Gasteiger partial charge in [0.2, 0.25) is 0 Å². The van der Waals surface area contributed by atoms with E-state index < -0.39 is 5.82 Å². The molecule has 3 rings (SSSR count). The van der Waals surface area contributed by atoms with Crippen molar-refractivity contribution in [3.63, 3.8) is 0 Å². The second-order valence-corrected chi connectivity index (χ2v) is 6.56. The quantitative estimate of drug-likeness (QED) is 0.541. The molecule has 28 heavy (non-hydrogen) atoms. The average molecular weight is 383 g/mol. The fraction of sp³-hybridized carbons (Fsp3) is 0.174. The molecule has 0 fully saturated rings. The highest BCUT2D eigenvalue weighted by atomic mass is 19.1. The molecule has 0 aromatic heterocycles. The first-order valence-electron chi connectivity index (χ1n) is 9.07. The van der Waals surface area contributed by atoms with Crippen LogP contribution in [0, 0.1) is 17.5 Å². The van der Waals surface area contributed by atoms with Crippen molar-refractivity contribution in [1.29, 1.82) is 0 Å². The van der Waals surface area contributed by atoms with Gasteiger partial charge >= 0.3 is 0 Å². The van der Waals surface area contributed by atoms with Crippen LogP contribution in [0.15, 0.2) is 72.8 Å². The van der Waals surface area contributed by atoms with E-state index in [1.807, 2.05) is 0 Å². The third-order valence-electron chi connectivity index (χ3n) is 4.61. The molecular formula is C23H20F3NO. The molecule has 5 heteroatoms. The van der Waals surface area contributed by atoms with Crippen LogP contribution in [0.4, 0.5) is 13.2 Å². The minimum atomic E-state index is -0.391. The minimum absolute atomic E-state index is 0.0380. The second-order valence-electron chi connectivity index (χ2n) is 6.56. The summed E-state index contributed by atoms with van der Waals surface area (Å²) in [6, 6.07) is 17.9. The average Bonchev–Trinajstić information content (AvgIpc) is 2.70. The zero-order valence-electron chi connectivity index (χ0n) is 15.2. The summed E-state index contributed by atoms with van der Waals surface area (Å²) in [6.07, 6.45) is 1.37. The third-order valence-corrected chi connectivity index (χ3v) is 4.61. The topological polar surface area (TPSA) is 29.1 Å². The van der Waals surface area contributed by atoms with Crippen molar-refractivity contribution in [3.05, 3.63) is 107 Å². The predicted octanol–water partition coefficient (Wildman–Crippen LogP) is 5.45. The molecule has 0 aliphatic heterocycles. The first-order chi connectivity index (χ1) is 13.5. The van der Waals surface area contributed by atoms with Gasteiger partial charge in [-0.05, 0) is 72.5 Å². The monoisotopic (exact) mass is 383 g/mol. The van der Waals surface area contributed by atoms with Gasteiger partial charge in [-0.25, -0.2) is 13.2 Å². The molecule has 0 heterocycles. The Bertz CT molecular complexity index is 861. The molecule has 144 valence electrons. The standard InChI is InChI=1S/C23H20F3NO/c24-19-9-3-16(4-10-19)22(17-5-11-20(25)12-6-17)2-1-15-27-23(28)18-7-13-21(26)14-8-18/h3-14,22H,1-2,15H2,(H,27,28). The number of hydrogen-bond donors (Lipinski definition) is 1. The normalized spacial score (nSPS) is 10.9. The van der Waals surface area contributed by atoms with Gasteiger partial charge in [-0.3, -0.25) is 4.79 Å². The highest BCUT2D eigenvalue weighted by molar-refractivity contribution is 5.94. The van der Waals surface area contributed by atoms with Crippen molar-refractivity contribution in [3.8, 4) is 0 Å². The number of halogens is 3. The van der Waals surface area contributed by atoms with Crippen LogP contribution in [0.5, 0.6) is 0 Å². The van der Waals surface area contributed by atoms with E-state index in [2.05, 4.69) is 5.32 Å². The van der Waals surface area contributed by atoms with E-state index in [0.29, 0.717) is 24.9 Å². The number of nitrogens with one attached hydrogen (secondary N) is 1. The summed E-state index contributed by atoms with van der Waals surface area (Å²) in [5.74, 6) is -1.32. The first-order valence-corrected chi connectivity index (χ1v) is 9.07. The van der Waals surface area contributed by atoms with E-state index in [1.54, 1.807) is 24.3 Å². The van der Waals surface area contributed by atoms with Gasteiger partial charge in [-0.15, -0.1) is 0 Å². The Morgan fingerprint density at radius 3 is 1.61 bits per heavy atom. The van der Waals surface area contributed by atoms with E-state index >= 15 is 0 Å². The lowest BCUT2D eigenvalue weighted by Gasteiger charge is -2.18. The number of carbonyl (C=O) groups excluding carboxylic acids is 1. The molecule has 0 spiro atoms. The van der Waals surface area contributed by atoms with E-state index in [1.165, 1.54) is 48.5 Å². The summed E-state index contributed by atoms with van der Waals surface area (Å²) in [5, 5.41) is 2.81. The lowest BCUT2D eigenvalue weighted by atomic mass is 9.87. The molecule has 0 saturated heterocycles. The van der Waals surface area contributed by atoms with Crippen molar-refractivity contribution in [2.24, 2.45) is 0 Å². The Morgan fingerprint density at radius 1 is 0.714 bits per heavy atom. The summed E-state index contributed by atoms with van der Waals surface area (Å²) in [6.45, 7) is 0.440. The summed E-state index contributed by atoms with van der Waals surface area (Å²) in [7, 11) is 0. The number of benzene rings is 3. The number of rotatable bonds is 7. The van der Waals surface area contributed by atoms with Crippen LogP contribution in [0.25, 0.3) is 0 Å². The Hall–Kier alpha value is -3.08. The van der Waals surface area contributed by atoms with Crippen LogP contribution in [0.1, 0.15) is 40.2 Å². The Labute approximate surface area is 162 Å². The molecule has 1 N–H and O–H groups in total. The molecule has 0 aliphatic rings. The predicted molar refractivity (Wildman–Crippen MR) is 103 cm³/mol. The van der Waals surface area contributed by atoms with Gasteiger partial charge in [0.15, 0.2) is 0 Å². The first kappa shape index (κ1) is 19.7. The van der Waals surface area contributed by atoms with E-state index in [4.69, 9.17) is 0 Å². The molecule has 0 aliphatic carbocycles. The summed E-state index contributed by atoms with van der Waals surface area (Å²) < 4.78 is 39.5. The number of hydrogen-bond acceptors (Lipinski definition) is 1. The maximum absolute atomic E-state index is 13.3. The van der Waals surface area contributed by atoms with Crippen molar-refractivity contribution >= 4 is 5.91 Å². The molecule has 0 unspecified atom stereocenters. The van der Waals surface area contributed by atoms with Crippen LogP contribution < -0.4 is 5.32 Å². The Morgan fingerprint density at radius 2 is 1.14 bits per heavy atom. The number of carbonyl (C=O) groups is 1. The maximum atomic E-state index is 13.3. The fourth-order valence-electron chi connectivity index (χ4n) is 3.13. The molecule has 0 saturated carbocycles. The highest BCUT2D eigenvalue weighted by Gasteiger charge is 2.15. The lowest BCUT2D eigenvalue weighted by molar-refractivity contribution is 0.0953. The summed E-state index contributed by atoms with van der Waals surface area (Å²) in [4.78, 5) is 12.1. The van der Waals surface area contributed by atoms with Crippen LogP contribution >= 0.6 is 0 Å². The van der Waals surface area contributed by atoms with Crippen LogP contribution in [0.3, 0.4) is 0 Å². The number of amides is 1. The zero-order chi connectivity index (χ0) is 19.9. The van der Waals surface area contributed by atoms with Gasteiger partial charge in [-0.2, -0.15) is 0 Å². The molecular weight excluding hydrogens is 363 g/mol. The van der Waals surface area contributed by atoms with E-state index in [0.717, 1.165) is 11.1 Å². The van der Waals surface area contributed by atoms with Gasteiger partial charge in [0.05, 0.1) is 0 Å². The molecule has 2 nitrogen and oxygen atoms in total. The fourth-order valence-corrected chi connectivity index (χ4v) is 3.13. The third kappa shape index (κ3) is 5.22. The smallest absolute Gasteiger partial charge is 0.251 e. The van der Waals surface area contributed by atoms with E-state index in [-0.39, 0.29) is 23.5 Å². The largest absolute Gasteiger partial charge is 0.352 e. The van der Waals surface area contributed by atoms with Crippen molar-refractivity contribution in [2.75, 3.05) is 6.54 Å². The summed E-state index contributed by atoms with van der Waals surface area (Å²) >= 11 is 0. The summed E-state index contributed by atoms with van der Waals surface area (Å²) in [5.41, 5.74) is 2.26. The van der Waals surface area contributed by atoms with E-state index in [9.17, 15) is 18.0 Å². The SMILES string of the molecule is O=C(NCCCC(c1ccc(F)cc1)c1ccc(F)cc1)c1ccc(F)cc1. The van der Waals surface area contributed by atoms with Crippen LogP contribution in [-0.2, 0) is 0 Å². The van der Waals surface area contributed by atoms with Gasteiger partial charge in [0, 0.05) is 18.0 Å².